The number of rotatable bonds is 2. The summed E-state index contributed by atoms with van der Waals surface area (Å²) in [6.45, 7) is 3.64. The minimum Gasteiger partial charge on any atom is -0.152 e. The van der Waals surface area contributed by atoms with Gasteiger partial charge in [0.05, 0.1) is 0 Å². The highest BCUT2D eigenvalue weighted by Crippen LogP contribution is 2.38. The average Bonchev–Trinajstić information content (AvgIpc) is 2.36. The summed E-state index contributed by atoms with van der Waals surface area (Å²) in [5.41, 5.74) is 0. The molecule has 0 saturated heterocycles. The van der Waals surface area contributed by atoms with Gasteiger partial charge in [-0.25, -0.2) is 0 Å². The molecule has 1 aromatic heterocycles. The van der Waals surface area contributed by atoms with Gasteiger partial charge in [0.2, 0.25) is 0 Å². The zero-order valence-corrected chi connectivity index (χ0v) is 9.72. The van der Waals surface area contributed by atoms with Crippen LogP contribution in [-0.4, -0.2) is 0 Å². The summed E-state index contributed by atoms with van der Waals surface area (Å²) in [7, 11) is 0. The fraction of sp³-hybridized carbons (Fsp3) is 0.167. The summed E-state index contributed by atoms with van der Waals surface area (Å²) >= 11 is 16.7. The Hall–Kier alpha value is 0.710. The van der Waals surface area contributed by atoms with E-state index in [-0.39, 0.29) is 0 Å². The van der Waals surface area contributed by atoms with E-state index < -0.39 is 4.08 Å². The zero-order valence-electron chi connectivity index (χ0n) is 5.48. The van der Waals surface area contributed by atoms with Crippen molar-refractivity contribution >= 4 is 60.1 Å². The van der Waals surface area contributed by atoms with Crippen LogP contribution in [0.1, 0.15) is 4.88 Å². The molecular weight excluding hydrogens is 232 g/mol. The lowest BCUT2D eigenvalue weighted by molar-refractivity contribution is 1.23. The Bertz CT molecular complexity index is 305. The topological polar surface area (TPSA) is 0 Å². The lowest BCUT2D eigenvalue weighted by Crippen LogP contribution is -2.01. The van der Waals surface area contributed by atoms with E-state index in [9.17, 15) is 0 Å². The van der Waals surface area contributed by atoms with Crippen molar-refractivity contribution in [3.8, 4) is 0 Å². The second kappa shape index (κ2) is 3.62. The van der Waals surface area contributed by atoms with Crippen LogP contribution in [0.3, 0.4) is 0 Å². The minimum atomic E-state index is -0.530. The molecule has 0 aliphatic carbocycles. The molecule has 0 aliphatic rings. The minimum absolute atomic E-state index is 0.530. The zero-order chi connectivity index (χ0) is 8.48. The van der Waals surface area contributed by atoms with Gasteiger partial charge >= 0.3 is 0 Å². The molecule has 0 fully saturated rings. The highest BCUT2D eigenvalue weighted by molar-refractivity contribution is 8.00. The molecule has 0 radical (unpaired) electrons. The Balaban J connectivity index is 3.11. The highest BCUT2D eigenvalue weighted by atomic mass is 32.2. The van der Waals surface area contributed by atoms with Gasteiger partial charge in [0, 0.05) is 10.3 Å². The molecule has 0 atom stereocenters. The number of hydrogen-bond donors (Lipinski definition) is 2. The summed E-state index contributed by atoms with van der Waals surface area (Å²) in [4.78, 5) is 1.04. The first-order valence-corrected chi connectivity index (χ1v) is 5.73. The lowest BCUT2D eigenvalue weighted by atomic mass is 10.4. The van der Waals surface area contributed by atoms with Gasteiger partial charge in [-0.2, -0.15) is 25.3 Å². The maximum absolute atomic E-state index is 4.98. The maximum atomic E-state index is 4.98. The molecule has 0 aromatic carbocycles. The monoisotopic (exact) mass is 238 g/mol. The van der Waals surface area contributed by atoms with Gasteiger partial charge in [0.15, 0.2) is 0 Å². The Labute approximate surface area is 89.8 Å². The fourth-order valence-corrected chi connectivity index (χ4v) is 3.24. The molecule has 0 aliphatic heterocycles. The van der Waals surface area contributed by atoms with Crippen molar-refractivity contribution in [3.05, 3.63) is 26.0 Å². The van der Waals surface area contributed by atoms with Gasteiger partial charge in [-0.15, -0.1) is 29.3 Å². The molecule has 60 valence electrons. The third kappa shape index (κ3) is 2.32. The molecule has 0 unspecified atom stereocenters. The van der Waals surface area contributed by atoms with Gasteiger partial charge in [0.25, 0.3) is 0 Å². The summed E-state index contributed by atoms with van der Waals surface area (Å²) < 4.78 is 0.368. The Morgan fingerprint density at radius 2 is 2.27 bits per heavy atom. The van der Waals surface area contributed by atoms with Crippen LogP contribution < -0.4 is 0 Å². The fourth-order valence-electron chi connectivity index (χ4n) is 0.502. The third-order valence-electron chi connectivity index (χ3n) is 1.10. The molecule has 5 heteroatoms. The summed E-state index contributed by atoms with van der Waals surface area (Å²) in [5, 5.41) is 1.97. The summed E-state index contributed by atoms with van der Waals surface area (Å²) in [6, 6.07) is 0. The van der Waals surface area contributed by atoms with Gasteiger partial charge in [0.1, 0.15) is 7.22 Å². The molecule has 0 saturated carbocycles. The second-order valence-corrected chi connectivity index (χ2v) is 6.76. The molecule has 0 bridgehead atoms. The van der Waals surface area contributed by atoms with E-state index in [1.54, 1.807) is 6.08 Å². The van der Waals surface area contributed by atoms with E-state index in [4.69, 9.17) is 12.2 Å². The molecule has 0 spiro atoms. The van der Waals surface area contributed by atoms with Crippen molar-refractivity contribution in [2.45, 2.75) is 4.08 Å². The normalized spacial score (nSPS) is 11.5. The van der Waals surface area contributed by atoms with Crippen molar-refractivity contribution < 1.29 is 0 Å². The van der Waals surface area contributed by atoms with Crippen LogP contribution >= 0.6 is 60.1 Å². The highest BCUT2D eigenvalue weighted by Gasteiger charge is 2.19. The molecule has 0 amide bonds. The second-order valence-electron chi connectivity index (χ2n) is 1.88. The van der Waals surface area contributed by atoms with Crippen LogP contribution in [0.25, 0.3) is 0 Å². The quantitative estimate of drug-likeness (QED) is 0.342. The maximum Gasteiger partial charge on any atom is 0.144 e. The Kier molecular flexibility index (Phi) is 3.22. The molecule has 1 heterocycles. The Morgan fingerprint density at radius 1 is 1.64 bits per heavy atom. The van der Waals surface area contributed by atoms with Crippen LogP contribution in [-0.2, 0) is 4.08 Å². The van der Waals surface area contributed by atoms with E-state index >= 15 is 0 Å². The van der Waals surface area contributed by atoms with E-state index in [1.807, 2.05) is 5.38 Å². The molecule has 11 heavy (non-hydrogen) atoms. The van der Waals surface area contributed by atoms with Crippen LogP contribution in [0.2, 0.25) is 0 Å². The van der Waals surface area contributed by atoms with Gasteiger partial charge in [-0.1, -0.05) is 18.3 Å². The SMILES string of the molecule is C=CC(S)(S)c1csc(=S)s1. The average molecular weight is 238 g/mol. The molecule has 1 rings (SSSR count). The lowest BCUT2D eigenvalue weighted by Gasteiger charge is -2.13. The van der Waals surface area contributed by atoms with Crippen molar-refractivity contribution in [1.29, 1.82) is 0 Å². The first-order valence-electron chi connectivity index (χ1n) is 2.74. The Morgan fingerprint density at radius 3 is 2.64 bits per heavy atom. The first kappa shape index (κ1) is 9.80. The number of thiol groups is 2. The van der Waals surface area contributed by atoms with Crippen molar-refractivity contribution in [1.82, 2.24) is 0 Å². The molecule has 0 nitrogen and oxygen atoms in total. The smallest absolute Gasteiger partial charge is 0.144 e. The summed E-state index contributed by atoms with van der Waals surface area (Å²) in [5.74, 6) is 0. The van der Waals surface area contributed by atoms with E-state index in [1.165, 1.54) is 22.7 Å². The van der Waals surface area contributed by atoms with Crippen LogP contribution in [0.4, 0.5) is 0 Å². The van der Waals surface area contributed by atoms with E-state index in [0.29, 0.717) is 0 Å². The van der Waals surface area contributed by atoms with E-state index in [0.717, 1.165) is 8.01 Å². The largest absolute Gasteiger partial charge is 0.152 e. The number of hydrogen-bond acceptors (Lipinski definition) is 5. The van der Waals surface area contributed by atoms with Gasteiger partial charge in [-0.3, -0.25) is 0 Å². The molecular formula is C6H6S5. The van der Waals surface area contributed by atoms with E-state index in [2.05, 4.69) is 31.8 Å². The predicted octanol–water partition coefficient (Wildman–Crippen LogP) is 3.74. The standard InChI is InChI=1S/C6H6S5/c1-2-6(8,9)4-3-10-5(7)11-4/h2-3,8-9H,1H2. The van der Waals surface area contributed by atoms with Gasteiger partial charge in [-0.05, 0) is 0 Å². The predicted molar refractivity (Wildman–Crippen MR) is 62.9 cm³/mol. The van der Waals surface area contributed by atoms with Crippen LogP contribution in [0.5, 0.6) is 0 Å². The van der Waals surface area contributed by atoms with Crippen molar-refractivity contribution in [2.24, 2.45) is 0 Å². The third-order valence-corrected chi connectivity index (χ3v) is 4.85. The summed E-state index contributed by atoms with van der Waals surface area (Å²) in [6.07, 6.45) is 1.69. The first-order chi connectivity index (χ1) is 5.06. The molecule has 1 aromatic rings. The van der Waals surface area contributed by atoms with Crippen LogP contribution in [0, 0.1) is 3.14 Å². The van der Waals surface area contributed by atoms with Gasteiger partial charge < -0.3 is 0 Å². The molecule has 0 N–H and O–H groups in total. The van der Waals surface area contributed by atoms with Crippen molar-refractivity contribution in [3.63, 3.8) is 0 Å². The van der Waals surface area contributed by atoms with Crippen LogP contribution in [0.15, 0.2) is 18.0 Å². The van der Waals surface area contributed by atoms with Crippen molar-refractivity contribution in [2.75, 3.05) is 0 Å².